The van der Waals surface area contributed by atoms with E-state index in [0.717, 1.165) is 39.2 Å². The zero-order chi connectivity index (χ0) is 27.4. The Morgan fingerprint density at radius 3 is 2.46 bits per heavy atom. The summed E-state index contributed by atoms with van der Waals surface area (Å²) < 4.78 is 6.95. The Morgan fingerprint density at radius 2 is 1.77 bits per heavy atom. The lowest BCUT2D eigenvalue weighted by molar-refractivity contribution is -0.122. The van der Waals surface area contributed by atoms with Gasteiger partial charge in [-0.15, -0.1) is 0 Å². The summed E-state index contributed by atoms with van der Waals surface area (Å²) in [4.78, 5) is 22.8. The largest absolute Gasteiger partial charge is 0.488 e. The molecule has 39 heavy (non-hydrogen) atoms. The highest BCUT2D eigenvalue weighted by atomic mass is 127. The first-order valence-corrected chi connectivity index (χ1v) is 15.6. The molecule has 0 saturated carbocycles. The van der Waals surface area contributed by atoms with Gasteiger partial charge in [0.25, 0.3) is 5.91 Å². The molecule has 3 aromatic carbocycles. The van der Waals surface area contributed by atoms with E-state index in [9.17, 15) is 4.79 Å². The number of ether oxygens (including phenoxy) is 1. The maximum absolute atomic E-state index is 13.2. The lowest BCUT2D eigenvalue weighted by atomic mass is 10.1. The Hall–Kier alpha value is -2.20. The number of amides is 1. The number of hydrogen-bond acceptors (Lipinski definition) is 5. The van der Waals surface area contributed by atoms with E-state index in [2.05, 4.69) is 39.6 Å². The van der Waals surface area contributed by atoms with Gasteiger partial charge in [0, 0.05) is 25.3 Å². The molecule has 0 unspecified atom stereocenters. The summed E-state index contributed by atoms with van der Waals surface area (Å²) >= 11 is 15.8. The molecule has 0 radical (unpaired) electrons. The molecule has 0 N–H and O–H groups in total. The minimum absolute atomic E-state index is 0.0267. The van der Waals surface area contributed by atoms with E-state index in [1.54, 1.807) is 17.0 Å². The second-order valence-corrected chi connectivity index (χ2v) is 12.3. The Bertz CT molecular complexity index is 1420. The van der Waals surface area contributed by atoms with Crippen LogP contribution in [0.3, 0.4) is 0 Å². The lowest BCUT2D eigenvalue weighted by Crippen LogP contribution is -2.29. The van der Waals surface area contributed by atoms with E-state index < -0.39 is 0 Å². The molecule has 0 bridgehead atoms. The Balaban J connectivity index is 1.28. The molecule has 0 spiro atoms. The molecule has 2 heterocycles. The minimum Gasteiger partial charge on any atom is -0.488 e. The van der Waals surface area contributed by atoms with E-state index in [1.807, 2.05) is 49.4 Å². The van der Waals surface area contributed by atoms with Crippen LogP contribution < -0.4 is 9.64 Å². The van der Waals surface area contributed by atoms with Gasteiger partial charge in [0.05, 0.1) is 24.2 Å². The molecule has 5 rings (SSSR count). The van der Waals surface area contributed by atoms with Gasteiger partial charge in [-0.05, 0) is 126 Å². The van der Waals surface area contributed by atoms with Crippen molar-refractivity contribution in [2.75, 3.05) is 24.5 Å². The molecule has 1 amide bonds. The number of rotatable bonds is 7. The first-order valence-electron chi connectivity index (χ1n) is 12.9. The average molecular weight is 692 g/mol. The number of hydrogen-bond donors (Lipinski definition) is 0. The van der Waals surface area contributed by atoms with E-state index in [1.165, 1.54) is 36.7 Å². The van der Waals surface area contributed by atoms with Crippen molar-refractivity contribution >= 4 is 86.1 Å². The van der Waals surface area contributed by atoms with E-state index in [-0.39, 0.29) is 5.91 Å². The standard InChI is InChI=1S/C30H28Cl2IN3O2S/c1-2-36-29(37)28(39-30(36)34-22-8-10-23(11-9-22)35-14-4-3-5-15-35)18-20-7-13-27(26(33)17-20)38-19-21-6-12-24(31)25(32)16-21/h6-13,16-18H,2-5,14-15,19H2,1H3/b28-18-,34-30?. The first kappa shape index (κ1) is 28.3. The summed E-state index contributed by atoms with van der Waals surface area (Å²) in [7, 11) is 0. The van der Waals surface area contributed by atoms with Gasteiger partial charge in [0.15, 0.2) is 5.17 Å². The summed E-state index contributed by atoms with van der Waals surface area (Å²) in [5.74, 6) is 0.737. The maximum atomic E-state index is 13.2. The summed E-state index contributed by atoms with van der Waals surface area (Å²) in [5, 5.41) is 1.73. The zero-order valence-electron chi connectivity index (χ0n) is 21.5. The smallest absolute Gasteiger partial charge is 0.266 e. The fraction of sp³-hybridized carbons (Fsp3) is 0.267. The van der Waals surface area contributed by atoms with Gasteiger partial charge in [0.1, 0.15) is 12.4 Å². The third-order valence-electron chi connectivity index (χ3n) is 6.63. The molecular formula is C30H28Cl2IN3O2S. The predicted octanol–water partition coefficient (Wildman–Crippen LogP) is 8.79. The third kappa shape index (κ3) is 6.93. The third-order valence-corrected chi connectivity index (χ3v) is 9.22. The zero-order valence-corrected chi connectivity index (χ0v) is 26.0. The second-order valence-electron chi connectivity index (χ2n) is 9.35. The quantitative estimate of drug-likeness (QED) is 0.184. The van der Waals surface area contributed by atoms with Crippen LogP contribution in [-0.2, 0) is 11.4 Å². The molecule has 0 aliphatic carbocycles. The monoisotopic (exact) mass is 691 g/mol. The molecule has 3 aromatic rings. The van der Waals surface area contributed by atoms with Gasteiger partial charge in [-0.3, -0.25) is 9.69 Å². The fourth-order valence-electron chi connectivity index (χ4n) is 4.54. The summed E-state index contributed by atoms with van der Waals surface area (Å²) in [6.45, 7) is 5.14. The Labute approximate surface area is 257 Å². The molecular weight excluding hydrogens is 664 g/mol. The van der Waals surface area contributed by atoms with E-state index in [4.69, 9.17) is 32.9 Å². The van der Waals surface area contributed by atoms with Crippen molar-refractivity contribution < 1.29 is 9.53 Å². The van der Waals surface area contributed by atoms with E-state index >= 15 is 0 Å². The predicted molar refractivity (Wildman–Crippen MR) is 173 cm³/mol. The number of piperidine rings is 1. The van der Waals surface area contributed by atoms with Crippen LogP contribution >= 0.6 is 57.6 Å². The summed E-state index contributed by atoms with van der Waals surface area (Å²) in [5.41, 5.74) is 3.96. The SMILES string of the molecule is CCN1C(=O)/C(=C/c2ccc(OCc3ccc(Cl)c(Cl)c3)c(I)c2)SC1=Nc1ccc(N2CCCCC2)cc1. The molecule has 2 saturated heterocycles. The van der Waals surface area contributed by atoms with Gasteiger partial charge in [-0.25, -0.2) is 4.99 Å². The number of anilines is 1. The number of likely N-dealkylation sites (N-methyl/N-ethyl adjacent to an activating group) is 1. The number of benzene rings is 3. The highest BCUT2D eigenvalue weighted by Crippen LogP contribution is 2.35. The lowest BCUT2D eigenvalue weighted by Gasteiger charge is -2.28. The normalized spacial score (nSPS) is 17.9. The molecule has 9 heteroatoms. The van der Waals surface area contributed by atoms with Crippen molar-refractivity contribution in [2.45, 2.75) is 32.8 Å². The molecule has 2 fully saturated rings. The van der Waals surface area contributed by atoms with Crippen LogP contribution in [0.1, 0.15) is 37.3 Å². The number of thioether (sulfide) groups is 1. The van der Waals surface area contributed by atoms with Crippen LogP contribution in [0.5, 0.6) is 5.75 Å². The van der Waals surface area contributed by atoms with Crippen molar-refractivity contribution in [2.24, 2.45) is 4.99 Å². The summed E-state index contributed by atoms with van der Waals surface area (Å²) in [6, 6.07) is 19.7. The Kier molecular flexibility index (Phi) is 9.43. The number of amidine groups is 1. The van der Waals surface area contributed by atoms with Crippen molar-refractivity contribution in [3.8, 4) is 5.75 Å². The van der Waals surface area contributed by atoms with Crippen LogP contribution in [0.15, 0.2) is 70.6 Å². The highest BCUT2D eigenvalue weighted by molar-refractivity contribution is 14.1. The van der Waals surface area contributed by atoms with Gasteiger partial charge >= 0.3 is 0 Å². The molecule has 0 aromatic heterocycles. The van der Waals surface area contributed by atoms with Gasteiger partial charge in [-0.1, -0.05) is 35.3 Å². The fourth-order valence-corrected chi connectivity index (χ4v) is 6.61. The van der Waals surface area contributed by atoms with Crippen LogP contribution in [0.25, 0.3) is 6.08 Å². The average Bonchev–Trinajstić information content (AvgIpc) is 3.24. The van der Waals surface area contributed by atoms with Crippen LogP contribution in [0, 0.1) is 3.57 Å². The second kappa shape index (κ2) is 13.0. The highest BCUT2D eigenvalue weighted by Gasteiger charge is 2.32. The maximum Gasteiger partial charge on any atom is 0.266 e. The molecule has 2 aliphatic heterocycles. The number of halogens is 3. The van der Waals surface area contributed by atoms with Gasteiger partial charge in [0.2, 0.25) is 0 Å². The van der Waals surface area contributed by atoms with Crippen molar-refractivity contribution in [3.05, 3.63) is 90.3 Å². The molecule has 0 atom stereocenters. The van der Waals surface area contributed by atoms with Gasteiger partial charge in [-0.2, -0.15) is 0 Å². The molecule has 202 valence electrons. The molecule has 5 nitrogen and oxygen atoms in total. The van der Waals surface area contributed by atoms with Gasteiger partial charge < -0.3 is 9.64 Å². The number of carbonyl (C=O) groups is 1. The van der Waals surface area contributed by atoms with E-state index in [0.29, 0.717) is 33.3 Å². The van der Waals surface area contributed by atoms with Crippen LogP contribution in [0.2, 0.25) is 10.0 Å². The minimum atomic E-state index is -0.0267. The van der Waals surface area contributed by atoms with Crippen molar-refractivity contribution in [1.82, 2.24) is 4.90 Å². The Morgan fingerprint density at radius 1 is 1.00 bits per heavy atom. The number of carbonyl (C=O) groups excluding carboxylic acids is 1. The summed E-state index contributed by atoms with van der Waals surface area (Å²) in [6.07, 6.45) is 5.73. The van der Waals surface area contributed by atoms with Crippen molar-refractivity contribution in [1.29, 1.82) is 0 Å². The number of aliphatic imine (C=N–C) groups is 1. The van der Waals surface area contributed by atoms with Crippen LogP contribution in [-0.4, -0.2) is 35.6 Å². The van der Waals surface area contributed by atoms with Crippen molar-refractivity contribution in [3.63, 3.8) is 0 Å². The number of nitrogens with zero attached hydrogens (tertiary/aromatic N) is 3. The first-order chi connectivity index (χ1) is 18.9. The van der Waals surface area contributed by atoms with Crippen LogP contribution in [0.4, 0.5) is 11.4 Å². The topological polar surface area (TPSA) is 45.1 Å². The molecule has 2 aliphatic rings.